The van der Waals surface area contributed by atoms with Crippen molar-refractivity contribution in [2.24, 2.45) is 0 Å². The fourth-order valence-corrected chi connectivity index (χ4v) is 5.84. The summed E-state index contributed by atoms with van der Waals surface area (Å²) in [7, 11) is -6.09. The Bertz CT molecular complexity index is 958. The molecule has 0 saturated carbocycles. The molecule has 0 aliphatic carbocycles. The first kappa shape index (κ1) is 18.8. The number of H-pyrrole nitrogens is 1. The van der Waals surface area contributed by atoms with E-state index in [-0.39, 0.29) is 41.8 Å². The van der Waals surface area contributed by atoms with Crippen molar-refractivity contribution in [3.05, 3.63) is 36.8 Å². The summed E-state index contributed by atoms with van der Waals surface area (Å²) in [5.41, 5.74) is 0. The zero-order chi connectivity index (χ0) is 18.8. The highest BCUT2D eigenvalue weighted by Gasteiger charge is 2.33. The third-order valence-electron chi connectivity index (χ3n) is 4.19. The molecule has 0 amide bonds. The molecule has 3 rings (SSSR count). The first-order valence-electron chi connectivity index (χ1n) is 7.99. The van der Waals surface area contributed by atoms with E-state index in [9.17, 15) is 16.8 Å². The van der Waals surface area contributed by atoms with Crippen molar-refractivity contribution >= 4 is 20.0 Å². The van der Waals surface area contributed by atoms with E-state index in [1.54, 1.807) is 18.2 Å². The Labute approximate surface area is 152 Å². The molecule has 9 nitrogen and oxygen atoms in total. The van der Waals surface area contributed by atoms with Gasteiger partial charge in [0, 0.05) is 26.2 Å². The number of methoxy groups -OCH3 is 1. The van der Waals surface area contributed by atoms with Crippen molar-refractivity contribution in [1.29, 1.82) is 0 Å². The Hall–Kier alpha value is -1.95. The molecule has 0 atom stereocenters. The smallest absolute Gasteiger partial charge is 0.260 e. The summed E-state index contributed by atoms with van der Waals surface area (Å²) in [5.74, 6) is 0.263. The van der Waals surface area contributed by atoms with Crippen LogP contribution in [0.5, 0.6) is 5.75 Å². The normalized spacial score (nSPS) is 17.7. The van der Waals surface area contributed by atoms with Crippen molar-refractivity contribution in [2.75, 3.05) is 33.3 Å². The minimum atomic E-state index is -3.78. The number of nitrogens with zero attached hydrogens (tertiary/aromatic N) is 3. The Morgan fingerprint density at radius 1 is 1.00 bits per heavy atom. The van der Waals surface area contributed by atoms with Gasteiger partial charge in [0.2, 0.25) is 10.0 Å². The van der Waals surface area contributed by atoms with Gasteiger partial charge in [0.1, 0.15) is 10.6 Å². The molecule has 1 aliphatic rings. The molecule has 1 aromatic carbocycles. The van der Waals surface area contributed by atoms with Crippen molar-refractivity contribution in [3.63, 3.8) is 0 Å². The SMILES string of the molecule is COc1ccccc1S(=O)(=O)N1CCCN(S(=O)(=O)c2cnc[nH]2)CC1. The number of para-hydroxylation sites is 1. The number of rotatable bonds is 5. The average Bonchev–Trinajstić information content (AvgIpc) is 3.06. The fourth-order valence-electron chi connectivity index (χ4n) is 2.85. The molecule has 1 aliphatic heterocycles. The fraction of sp³-hybridized carbons (Fsp3) is 0.400. The highest BCUT2D eigenvalue weighted by molar-refractivity contribution is 7.89. The van der Waals surface area contributed by atoms with Crippen LogP contribution in [0.3, 0.4) is 0 Å². The summed E-state index contributed by atoms with van der Waals surface area (Å²) < 4.78 is 58.9. The van der Waals surface area contributed by atoms with Crippen LogP contribution in [0.25, 0.3) is 0 Å². The average molecular weight is 400 g/mol. The number of benzene rings is 1. The van der Waals surface area contributed by atoms with Crippen LogP contribution in [-0.2, 0) is 20.0 Å². The molecule has 142 valence electrons. The van der Waals surface area contributed by atoms with Crippen LogP contribution in [0, 0.1) is 0 Å². The summed E-state index contributed by atoms with van der Waals surface area (Å²) in [5, 5.41) is -0.00136. The Morgan fingerprint density at radius 2 is 1.65 bits per heavy atom. The van der Waals surface area contributed by atoms with Gasteiger partial charge in [-0.15, -0.1) is 0 Å². The van der Waals surface area contributed by atoms with E-state index in [0.29, 0.717) is 6.42 Å². The summed E-state index contributed by atoms with van der Waals surface area (Å²) >= 11 is 0. The Kier molecular flexibility index (Phi) is 5.32. The highest BCUT2D eigenvalue weighted by atomic mass is 32.2. The number of hydrogen-bond acceptors (Lipinski definition) is 6. The first-order valence-corrected chi connectivity index (χ1v) is 10.9. The summed E-state index contributed by atoms with van der Waals surface area (Å²) in [6.45, 7) is 0.595. The first-order chi connectivity index (χ1) is 12.4. The summed E-state index contributed by atoms with van der Waals surface area (Å²) in [4.78, 5) is 6.40. The van der Waals surface area contributed by atoms with Crippen molar-refractivity contribution in [1.82, 2.24) is 18.6 Å². The Balaban J connectivity index is 1.83. The van der Waals surface area contributed by atoms with Gasteiger partial charge in [0.25, 0.3) is 10.0 Å². The third kappa shape index (κ3) is 3.47. The molecule has 0 bridgehead atoms. The predicted molar refractivity (Wildman–Crippen MR) is 93.7 cm³/mol. The van der Waals surface area contributed by atoms with E-state index >= 15 is 0 Å². The molecule has 2 heterocycles. The minimum absolute atomic E-state index is 0.00136. The predicted octanol–water partition coefficient (Wildman–Crippen LogP) is 0.504. The molecule has 1 saturated heterocycles. The van der Waals surface area contributed by atoms with Gasteiger partial charge in [-0.3, -0.25) is 0 Å². The number of hydrogen-bond donors (Lipinski definition) is 1. The number of aromatic amines is 1. The van der Waals surface area contributed by atoms with Gasteiger partial charge in [0.05, 0.1) is 19.6 Å². The van der Waals surface area contributed by atoms with Crippen LogP contribution in [-0.4, -0.2) is 68.7 Å². The summed E-state index contributed by atoms with van der Waals surface area (Å²) in [6, 6.07) is 6.39. The van der Waals surface area contributed by atoms with Crippen LogP contribution < -0.4 is 4.74 Å². The molecule has 0 radical (unpaired) electrons. The standard InChI is InChI=1S/C15H20N4O5S2/c1-24-13-5-2-3-6-14(13)25(20,21)18-7-4-8-19(10-9-18)26(22,23)15-11-16-12-17-15/h2-3,5-6,11-12H,4,7-10H2,1H3,(H,16,17). The van der Waals surface area contributed by atoms with Gasteiger partial charge in [-0.1, -0.05) is 12.1 Å². The quantitative estimate of drug-likeness (QED) is 0.782. The highest BCUT2D eigenvalue weighted by Crippen LogP contribution is 2.27. The van der Waals surface area contributed by atoms with Gasteiger partial charge in [-0.25, -0.2) is 21.8 Å². The molecule has 1 N–H and O–H groups in total. The van der Waals surface area contributed by atoms with Crippen LogP contribution in [0.2, 0.25) is 0 Å². The van der Waals surface area contributed by atoms with E-state index < -0.39 is 20.0 Å². The monoisotopic (exact) mass is 400 g/mol. The largest absolute Gasteiger partial charge is 0.495 e. The second-order valence-corrected chi connectivity index (χ2v) is 9.54. The molecule has 1 aromatic heterocycles. The van der Waals surface area contributed by atoms with Crippen LogP contribution >= 0.6 is 0 Å². The third-order valence-corrected chi connectivity index (χ3v) is 7.95. The molecule has 11 heteroatoms. The van der Waals surface area contributed by atoms with Gasteiger partial charge >= 0.3 is 0 Å². The lowest BCUT2D eigenvalue weighted by atomic mass is 10.3. The van der Waals surface area contributed by atoms with E-state index in [1.807, 2.05) is 0 Å². The molecular weight excluding hydrogens is 380 g/mol. The van der Waals surface area contributed by atoms with E-state index in [0.717, 1.165) is 0 Å². The molecule has 0 unspecified atom stereocenters. The number of ether oxygens (including phenoxy) is 1. The lowest BCUT2D eigenvalue weighted by molar-refractivity contribution is 0.388. The van der Waals surface area contributed by atoms with Crippen molar-refractivity contribution < 1.29 is 21.6 Å². The van der Waals surface area contributed by atoms with Gasteiger partial charge in [-0.05, 0) is 18.6 Å². The van der Waals surface area contributed by atoms with Gasteiger partial charge in [0.15, 0.2) is 5.03 Å². The van der Waals surface area contributed by atoms with Gasteiger partial charge < -0.3 is 9.72 Å². The minimum Gasteiger partial charge on any atom is -0.495 e. The van der Waals surface area contributed by atoms with Crippen LogP contribution in [0.4, 0.5) is 0 Å². The van der Waals surface area contributed by atoms with Crippen molar-refractivity contribution in [3.8, 4) is 5.75 Å². The maximum atomic E-state index is 13.0. The van der Waals surface area contributed by atoms with E-state index in [1.165, 1.54) is 34.3 Å². The number of imidazole rings is 1. The van der Waals surface area contributed by atoms with Crippen molar-refractivity contribution in [2.45, 2.75) is 16.3 Å². The Morgan fingerprint density at radius 3 is 2.27 bits per heavy atom. The molecule has 0 spiro atoms. The van der Waals surface area contributed by atoms with E-state index in [2.05, 4.69) is 9.97 Å². The summed E-state index contributed by atoms with van der Waals surface area (Å²) in [6.07, 6.45) is 2.93. The molecule has 26 heavy (non-hydrogen) atoms. The topological polar surface area (TPSA) is 113 Å². The van der Waals surface area contributed by atoms with Crippen LogP contribution in [0.1, 0.15) is 6.42 Å². The maximum Gasteiger partial charge on any atom is 0.260 e. The number of nitrogens with one attached hydrogen (secondary N) is 1. The zero-order valence-corrected chi connectivity index (χ0v) is 15.8. The van der Waals surface area contributed by atoms with Gasteiger partial charge in [-0.2, -0.15) is 8.61 Å². The lowest BCUT2D eigenvalue weighted by Crippen LogP contribution is -2.37. The number of sulfonamides is 2. The number of aromatic nitrogens is 2. The maximum absolute atomic E-state index is 13.0. The molecule has 1 fully saturated rings. The second-order valence-electron chi connectivity index (χ2n) is 5.73. The van der Waals surface area contributed by atoms with Crippen LogP contribution in [0.15, 0.2) is 46.7 Å². The molecule has 2 aromatic rings. The van der Waals surface area contributed by atoms with E-state index in [4.69, 9.17) is 4.74 Å². The zero-order valence-electron chi connectivity index (χ0n) is 14.2. The molecular formula is C15H20N4O5S2. The lowest BCUT2D eigenvalue weighted by Gasteiger charge is -2.22. The second kappa shape index (κ2) is 7.35.